The molecule has 0 aliphatic heterocycles. The maximum absolute atomic E-state index is 13.8. The lowest BCUT2D eigenvalue weighted by Crippen LogP contribution is -2.05. The van der Waals surface area contributed by atoms with Gasteiger partial charge in [-0.1, -0.05) is 0 Å². The van der Waals surface area contributed by atoms with Gasteiger partial charge in [-0.25, -0.2) is 17.6 Å². The summed E-state index contributed by atoms with van der Waals surface area (Å²) in [6.45, 7) is 0. The van der Waals surface area contributed by atoms with E-state index in [1.165, 1.54) is 12.1 Å². The molecule has 0 bridgehead atoms. The highest BCUT2D eigenvalue weighted by Crippen LogP contribution is 2.30. The minimum absolute atomic E-state index is 0.0601. The van der Waals surface area contributed by atoms with Crippen molar-refractivity contribution < 1.29 is 22.7 Å². The normalized spacial score (nSPS) is 11.5. The average molecular weight is 357 g/mol. The van der Waals surface area contributed by atoms with Gasteiger partial charge in [-0.2, -0.15) is 0 Å². The minimum Gasteiger partial charge on any atom is -0.478 e. The molecule has 0 radical (unpaired) electrons. The van der Waals surface area contributed by atoms with E-state index in [9.17, 15) is 17.6 Å². The molecule has 0 heterocycles. The van der Waals surface area contributed by atoms with Gasteiger partial charge in [0, 0.05) is 16.9 Å². The van der Waals surface area contributed by atoms with Crippen LogP contribution >= 0.6 is 27.7 Å². The summed E-state index contributed by atoms with van der Waals surface area (Å²) in [7, 11) is -3.09. The predicted molar refractivity (Wildman–Crippen MR) is 71.5 cm³/mol. The number of hydrogen-bond acceptors (Lipinski definition) is 4. The summed E-state index contributed by atoms with van der Waals surface area (Å²) >= 11 is 3.91. The van der Waals surface area contributed by atoms with Crippen molar-refractivity contribution in [3.8, 4) is 0 Å². The van der Waals surface area contributed by atoms with E-state index in [0.717, 1.165) is 18.0 Å². The van der Waals surface area contributed by atoms with Gasteiger partial charge >= 0.3 is 5.97 Å². The third-order valence-corrected chi connectivity index (χ3v) is 5.00. The molecule has 0 atom stereocenters. The van der Waals surface area contributed by atoms with Crippen molar-refractivity contribution in [3.05, 3.63) is 28.0 Å². The largest absolute Gasteiger partial charge is 0.478 e. The first-order valence-electron chi connectivity index (χ1n) is 4.74. The van der Waals surface area contributed by atoms with Gasteiger partial charge in [0.25, 0.3) is 0 Å². The molecule has 1 aromatic rings. The fourth-order valence-electron chi connectivity index (χ4n) is 1.11. The van der Waals surface area contributed by atoms with Gasteiger partial charge in [0.05, 0.1) is 15.8 Å². The highest BCUT2D eigenvalue weighted by Gasteiger charge is 2.16. The Morgan fingerprint density at radius 2 is 2.11 bits per heavy atom. The van der Waals surface area contributed by atoms with Crippen LogP contribution in [0.25, 0.3) is 0 Å². The maximum Gasteiger partial charge on any atom is 0.336 e. The van der Waals surface area contributed by atoms with Crippen LogP contribution in [0.2, 0.25) is 0 Å². The maximum atomic E-state index is 13.8. The SMILES string of the molecule is CS(=O)(=O)CCSc1ccc(C(=O)O)c(Br)c1F. The second-order valence-electron chi connectivity index (χ2n) is 3.52. The number of halogens is 2. The summed E-state index contributed by atoms with van der Waals surface area (Å²) in [6.07, 6.45) is 1.10. The molecule has 1 N–H and O–H groups in total. The molecular formula is C10H10BrFO4S2. The number of benzene rings is 1. The first-order valence-corrected chi connectivity index (χ1v) is 8.58. The molecule has 0 aromatic heterocycles. The third-order valence-electron chi connectivity index (χ3n) is 1.99. The number of carboxylic acid groups (broad SMARTS) is 1. The van der Waals surface area contributed by atoms with Crippen LogP contribution in [0.5, 0.6) is 0 Å². The molecule has 0 saturated heterocycles. The Labute approximate surface area is 117 Å². The predicted octanol–water partition coefficient (Wildman–Crippen LogP) is 2.42. The van der Waals surface area contributed by atoms with E-state index < -0.39 is 21.6 Å². The van der Waals surface area contributed by atoms with Crippen molar-refractivity contribution in [1.29, 1.82) is 0 Å². The smallest absolute Gasteiger partial charge is 0.336 e. The molecule has 4 nitrogen and oxygen atoms in total. The van der Waals surface area contributed by atoms with Gasteiger partial charge < -0.3 is 5.11 Å². The van der Waals surface area contributed by atoms with Gasteiger partial charge in [0.2, 0.25) is 0 Å². The van der Waals surface area contributed by atoms with E-state index in [1.807, 2.05) is 0 Å². The summed E-state index contributed by atoms with van der Waals surface area (Å²) in [5, 5.41) is 8.78. The molecule has 0 saturated carbocycles. The van der Waals surface area contributed by atoms with E-state index >= 15 is 0 Å². The highest BCUT2D eigenvalue weighted by molar-refractivity contribution is 9.10. The van der Waals surface area contributed by atoms with Crippen molar-refractivity contribution in [3.63, 3.8) is 0 Å². The van der Waals surface area contributed by atoms with E-state index in [1.54, 1.807) is 0 Å². The fraction of sp³-hybridized carbons (Fsp3) is 0.300. The van der Waals surface area contributed by atoms with E-state index in [-0.39, 0.29) is 26.4 Å². The third kappa shape index (κ3) is 4.25. The summed E-state index contributed by atoms with van der Waals surface area (Å²) in [4.78, 5) is 11.0. The lowest BCUT2D eigenvalue weighted by atomic mass is 10.2. The standard InChI is InChI=1S/C10H10BrFO4S2/c1-18(15,16)5-4-17-7-3-2-6(10(13)14)8(11)9(7)12/h2-3H,4-5H2,1H3,(H,13,14). The Kier molecular flexibility index (Phi) is 5.18. The van der Waals surface area contributed by atoms with Gasteiger partial charge in [0.15, 0.2) is 5.82 Å². The van der Waals surface area contributed by atoms with Crippen molar-refractivity contribution >= 4 is 43.5 Å². The average Bonchev–Trinajstić information content (AvgIpc) is 2.22. The first-order chi connectivity index (χ1) is 8.22. The van der Waals surface area contributed by atoms with Crippen LogP contribution in [0.15, 0.2) is 21.5 Å². The second-order valence-corrected chi connectivity index (χ2v) is 7.71. The number of hydrogen-bond donors (Lipinski definition) is 1. The van der Waals surface area contributed by atoms with Crippen LogP contribution in [-0.2, 0) is 9.84 Å². The van der Waals surface area contributed by atoms with Crippen LogP contribution in [0.3, 0.4) is 0 Å². The Hall–Kier alpha value is -0.600. The molecule has 1 rings (SSSR count). The molecule has 0 aliphatic carbocycles. The molecule has 0 spiro atoms. The lowest BCUT2D eigenvalue weighted by molar-refractivity contribution is 0.0695. The fourth-order valence-corrected chi connectivity index (χ4v) is 3.92. The number of sulfone groups is 1. The first kappa shape index (κ1) is 15.5. The van der Waals surface area contributed by atoms with Gasteiger partial charge in [0.1, 0.15) is 9.84 Å². The molecule has 0 unspecified atom stereocenters. The zero-order valence-corrected chi connectivity index (χ0v) is 12.5. The van der Waals surface area contributed by atoms with Crippen molar-refractivity contribution in [1.82, 2.24) is 0 Å². The molecule has 100 valence electrons. The van der Waals surface area contributed by atoms with Crippen molar-refractivity contribution in [2.75, 3.05) is 17.8 Å². The summed E-state index contributed by atoms with van der Waals surface area (Å²) in [6, 6.07) is 2.61. The summed E-state index contributed by atoms with van der Waals surface area (Å²) in [5.74, 6) is -1.76. The number of aromatic carboxylic acids is 1. The van der Waals surface area contributed by atoms with Crippen molar-refractivity contribution in [2.45, 2.75) is 4.90 Å². The molecular weight excluding hydrogens is 347 g/mol. The van der Waals surface area contributed by atoms with Crippen molar-refractivity contribution in [2.24, 2.45) is 0 Å². The van der Waals surface area contributed by atoms with E-state index in [0.29, 0.717) is 0 Å². The van der Waals surface area contributed by atoms with Crippen LogP contribution < -0.4 is 0 Å². The van der Waals surface area contributed by atoms with Crippen LogP contribution in [0.4, 0.5) is 4.39 Å². The zero-order chi connectivity index (χ0) is 13.9. The monoisotopic (exact) mass is 356 g/mol. The molecule has 0 aliphatic rings. The quantitative estimate of drug-likeness (QED) is 0.820. The molecule has 18 heavy (non-hydrogen) atoms. The van der Waals surface area contributed by atoms with Crippen LogP contribution in [0.1, 0.15) is 10.4 Å². The van der Waals surface area contributed by atoms with Crippen LogP contribution in [0, 0.1) is 5.82 Å². The number of carboxylic acids is 1. The summed E-state index contributed by atoms with van der Waals surface area (Å²) in [5.41, 5.74) is -0.167. The van der Waals surface area contributed by atoms with E-state index in [4.69, 9.17) is 5.11 Å². The molecule has 8 heteroatoms. The Morgan fingerprint density at radius 3 is 2.61 bits per heavy atom. The Balaban J connectivity index is 2.86. The second kappa shape index (κ2) is 6.03. The molecule has 1 aromatic carbocycles. The zero-order valence-electron chi connectivity index (χ0n) is 9.31. The van der Waals surface area contributed by atoms with Gasteiger partial charge in [-0.3, -0.25) is 0 Å². The Bertz CT molecular complexity index is 571. The highest BCUT2D eigenvalue weighted by atomic mass is 79.9. The topological polar surface area (TPSA) is 71.4 Å². The number of carbonyl (C=O) groups is 1. The minimum atomic E-state index is -3.09. The van der Waals surface area contributed by atoms with Gasteiger partial charge in [-0.15, -0.1) is 11.8 Å². The molecule has 0 amide bonds. The summed E-state index contributed by atoms with van der Waals surface area (Å²) < 4.78 is 35.5. The number of thioether (sulfide) groups is 1. The Morgan fingerprint density at radius 1 is 1.50 bits per heavy atom. The van der Waals surface area contributed by atoms with Crippen LogP contribution in [-0.4, -0.2) is 37.3 Å². The van der Waals surface area contributed by atoms with Gasteiger partial charge in [-0.05, 0) is 28.1 Å². The number of rotatable bonds is 5. The lowest BCUT2D eigenvalue weighted by Gasteiger charge is -2.06. The molecule has 0 fully saturated rings. The van der Waals surface area contributed by atoms with E-state index in [2.05, 4.69) is 15.9 Å².